The van der Waals surface area contributed by atoms with Crippen molar-refractivity contribution in [2.75, 3.05) is 5.32 Å². The van der Waals surface area contributed by atoms with E-state index in [2.05, 4.69) is 40.9 Å². The molecule has 0 bridgehead atoms. The second kappa shape index (κ2) is 8.22. The number of imidazole rings is 1. The van der Waals surface area contributed by atoms with Gasteiger partial charge in [0.05, 0.1) is 12.1 Å². The van der Waals surface area contributed by atoms with E-state index in [9.17, 15) is 4.79 Å². The van der Waals surface area contributed by atoms with Crippen LogP contribution in [-0.2, 0) is 19.5 Å². The normalized spacial score (nSPS) is 13.7. The fourth-order valence-corrected chi connectivity index (χ4v) is 4.23. The lowest BCUT2D eigenvalue weighted by Gasteiger charge is -2.06. The maximum atomic E-state index is 13.1. The van der Waals surface area contributed by atoms with E-state index in [0.717, 1.165) is 53.0 Å². The zero-order valence-corrected chi connectivity index (χ0v) is 18.8. The van der Waals surface area contributed by atoms with Crippen LogP contribution in [0.2, 0.25) is 0 Å². The van der Waals surface area contributed by atoms with Crippen LogP contribution < -0.4 is 5.32 Å². The number of nitrogens with one attached hydrogen (secondary N) is 1. The Morgan fingerprint density at radius 2 is 2.00 bits per heavy atom. The summed E-state index contributed by atoms with van der Waals surface area (Å²) in [5.74, 6) is 1.01. The number of aromatic nitrogens is 6. The summed E-state index contributed by atoms with van der Waals surface area (Å²) in [6, 6.07) is 9.78. The number of amides is 1. The SMILES string of the molecule is Cc1cc(C(=O)Nc2ncn(Cc3ccc(Br)cc3)n2)c2nc3n(c2n1)CCCCC3. The van der Waals surface area contributed by atoms with Crippen LogP contribution in [0.5, 0.6) is 0 Å². The molecule has 1 aromatic carbocycles. The lowest BCUT2D eigenvalue weighted by Crippen LogP contribution is -2.15. The molecule has 0 unspecified atom stereocenters. The highest BCUT2D eigenvalue weighted by molar-refractivity contribution is 9.10. The van der Waals surface area contributed by atoms with Crippen molar-refractivity contribution in [2.45, 2.75) is 45.7 Å². The molecule has 0 saturated carbocycles. The van der Waals surface area contributed by atoms with E-state index in [4.69, 9.17) is 4.98 Å². The van der Waals surface area contributed by atoms with Gasteiger partial charge in [0.15, 0.2) is 5.65 Å². The van der Waals surface area contributed by atoms with Gasteiger partial charge in [-0.2, -0.15) is 0 Å². The van der Waals surface area contributed by atoms with Crippen LogP contribution in [0.1, 0.15) is 46.7 Å². The number of nitrogens with zero attached hydrogens (tertiary/aromatic N) is 6. The minimum atomic E-state index is -0.273. The molecule has 5 rings (SSSR count). The standard InChI is InChI=1S/C22H22BrN7O/c1-14-11-17(19-20(25-14)30-10-4-2-3-5-18(30)26-19)21(31)27-22-24-13-29(28-22)12-15-6-8-16(23)9-7-15/h6-9,11,13H,2-5,10,12H2,1H3,(H,27,28,31). The molecule has 1 amide bonds. The molecule has 0 saturated heterocycles. The molecule has 0 spiro atoms. The predicted octanol–water partition coefficient (Wildman–Crippen LogP) is 4.12. The first-order valence-corrected chi connectivity index (χ1v) is 11.2. The Bertz CT molecular complexity index is 1260. The van der Waals surface area contributed by atoms with Crippen LogP contribution in [0.4, 0.5) is 5.95 Å². The van der Waals surface area contributed by atoms with E-state index in [1.54, 1.807) is 17.1 Å². The third kappa shape index (κ3) is 4.10. The average Bonchev–Trinajstić information content (AvgIpc) is 3.25. The molecule has 1 aliphatic heterocycles. The van der Waals surface area contributed by atoms with E-state index in [0.29, 0.717) is 17.6 Å². The van der Waals surface area contributed by atoms with Crippen LogP contribution >= 0.6 is 15.9 Å². The average molecular weight is 480 g/mol. The minimum Gasteiger partial charge on any atom is -0.313 e. The number of hydrogen-bond acceptors (Lipinski definition) is 5. The van der Waals surface area contributed by atoms with Gasteiger partial charge in [-0.25, -0.2) is 19.6 Å². The fourth-order valence-electron chi connectivity index (χ4n) is 3.96. The van der Waals surface area contributed by atoms with Gasteiger partial charge in [-0.05, 0) is 43.5 Å². The highest BCUT2D eigenvalue weighted by Crippen LogP contribution is 2.24. The molecule has 4 heterocycles. The molecular weight excluding hydrogens is 458 g/mol. The Hall–Kier alpha value is -3.07. The summed E-state index contributed by atoms with van der Waals surface area (Å²) in [5.41, 5.74) is 3.83. The summed E-state index contributed by atoms with van der Waals surface area (Å²) < 4.78 is 4.89. The number of aryl methyl sites for hydroxylation is 3. The first-order valence-electron chi connectivity index (χ1n) is 10.4. The molecule has 1 N–H and O–H groups in total. The van der Waals surface area contributed by atoms with Gasteiger partial charge in [-0.1, -0.05) is 34.5 Å². The molecule has 0 atom stereocenters. The molecule has 4 aromatic rings. The Morgan fingerprint density at radius 1 is 1.16 bits per heavy atom. The summed E-state index contributed by atoms with van der Waals surface area (Å²) >= 11 is 3.44. The monoisotopic (exact) mass is 479 g/mol. The summed E-state index contributed by atoms with van der Waals surface area (Å²) in [4.78, 5) is 26.8. The van der Waals surface area contributed by atoms with Crippen molar-refractivity contribution < 1.29 is 4.79 Å². The summed E-state index contributed by atoms with van der Waals surface area (Å²) in [5, 5.41) is 7.21. The number of anilines is 1. The summed E-state index contributed by atoms with van der Waals surface area (Å²) in [6.07, 6.45) is 5.94. The number of fused-ring (bicyclic) bond motifs is 3. The second-order valence-electron chi connectivity index (χ2n) is 7.82. The number of pyridine rings is 1. The van der Waals surface area contributed by atoms with Crippen molar-refractivity contribution in [3.63, 3.8) is 0 Å². The molecule has 31 heavy (non-hydrogen) atoms. The molecular formula is C22H22BrN7O. The maximum Gasteiger partial charge on any atom is 0.260 e. The van der Waals surface area contributed by atoms with E-state index in [1.165, 1.54) is 6.42 Å². The highest BCUT2D eigenvalue weighted by atomic mass is 79.9. The van der Waals surface area contributed by atoms with Crippen molar-refractivity contribution in [3.8, 4) is 0 Å². The lowest BCUT2D eigenvalue weighted by molar-refractivity contribution is 0.102. The topological polar surface area (TPSA) is 90.5 Å². The molecule has 0 aliphatic carbocycles. The molecule has 158 valence electrons. The van der Waals surface area contributed by atoms with Crippen LogP contribution in [-0.4, -0.2) is 35.2 Å². The van der Waals surface area contributed by atoms with Crippen LogP contribution in [0.25, 0.3) is 11.2 Å². The van der Waals surface area contributed by atoms with Crippen molar-refractivity contribution in [2.24, 2.45) is 0 Å². The zero-order valence-electron chi connectivity index (χ0n) is 17.2. The first kappa shape index (κ1) is 19.9. The van der Waals surface area contributed by atoms with Gasteiger partial charge in [0.25, 0.3) is 5.91 Å². The number of carbonyl (C=O) groups excluding carboxylic acids is 1. The predicted molar refractivity (Wildman–Crippen MR) is 121 cm³/mol. The number of carbonyl (C=O) groups is 1. The van der Waals surface area contributed by atoms with Gasteiger partial charge in [0.2, 0.25) is 5.95 Å². The van der Waals surface area contributed by atoms with Crippen LogP contribution in [0, 0.1) is 6.92 Å². The van der Waals surface area contributed by atoms with Crippen molar-refractivity contribution in [1.29, 1.82) is 0 Å². The van der Waals surface area contributed by atoms with E-state index < -0.39 is 0 Å². The first-order chi connectivity index (χ1) is 15.1. The smallest absolute Gasteiger partial charge is 0.260 e. The lowest BCUT2D eigenvalue weighted by atomic mass is 10.2. The van der Waals surface area contributed by atoms with Crippen molar-refractivity contribution in [3.05, 3.63) is 63.8 Å². The summed E-state index contributed by atoms with van der Waals surface area (Å²) in [7, 11) is 0. The maximum absolute atomic E-state index is 13.1. The van der Waals surface area contributed by atoms with Gasteiger partial charge in [0, 0.05) is 23.1 Å². The minimum absolute atomic E-state index is 0.269. The van der Waals surface area contributed by atoms with E-state index in [-0.39, 0.29) is 11.9 Å². The molecule has 1 aliphatic rings. The Balaban J connectivity index is 1.39. The second-order valence-corrected chi connectivity index (χ2v) is 8.74. The highest BCUT2D eigenvalue weighted by Gasteiger charge is 2.21. The van der Waals surface area contributed by atoms with E-state index >= 15 is 0 Å². The summed E-state index contributed by atoms with van der Waals surface area (Å²) in [6.45, 7) is 3.37. The quantitative estimate of drug-likeness (QED) is 0.475. The third-order valence-electron chi connectivity index (χ3n) is 5.46. The molecule has 9 heteroatoms. The zero-order chi connectivity index (χ0) is 21.4. The molecule has 3 aromatic heterocycles. The van der Waals surface area contributed by atoms with Crippen molar-refractivity contribution >= 4 is 38.9 Å². The van der Waals surface area contributed by atoms with Gasteiger partial charge >= 0.3 is 0 Å². The molecule has 0 radical (unpaired) electrons. The van der Waals surface area contributed by atoms with E-state index in [1.807, 2.05) is 31.2 Å². The van der Waals surface area contributed by atoms with Gasteiger partial charge in [-0.15, -0.1) is 5.10 Å². The Morgan fingerprint density at radius 3 is 2.84 bits per heavy atom. The Labute approximate surface area is 187 Å². The number of benzene rings is 1. The number of hydrogen-bond donors (Lipinski definition) is 1. The fraction of sp³-hybridized carbons (Fsp3) is 0.318. The molecule has 8 nitrogen and oxygen atoms in total. The van der Waals surface area contributed by atoms with Crippen LogP contribution in [0.3, 0.4) is 0 Å². The van der Waals surface area contributed by atoms with Crippen molar-refractivity contribution in [1.82, 2.24) is 29.3 Å². The molecule has 0 fully saturated rings. The third-order valence-corrected chi connectivity index (χ3v) is 5.99. The van der Waals surface area contributed by atoms with Gasteiger partial charge in [-0.3, -0.25) is 10.1 Å². The van der Waals surface area contributed by atoms with Crippen LogP contribution in [0.15, 0.2) is 41.1 Å². The van der Waals surface area contributed by atoms with Gasteiger partial charge < -0.3 is 4.57 Å². The Kier molecular flexibility index (Phi) is 5.27. The number of rotatable bonds is 4. The number of halogens is 1. The largest absolute Gasteiger partial charge is 0.313 e. The van der Waals surface area contributed by atoms with Gasteiger partial charge in [0.1, 0.15) is 17.7 Å².